The van der Waals surface area contributed by atoms with Gasteiger partial charge in [-0.2, -0.15) is 22.7 Å². The van der Waals surface area contributed by atoms with E-state index in [-0.39, 0.29) is 6.01 Å². The third kappa shape index (κ3) is 7.10. The Morgan fingerprint density at radius 1 is 1.08 bits per heavy atom. The first kappa shape index (κ1) is 28.6. The average molecular weight is 567 g/mol. The van der Waals surface area contributed by atoms with E-state index < -0.39 is 21.5 Å². The molecule has 0 aliphatic heterocycles. The van der Waals surface area contributed by atoms with Gasteiger partial charge in [0.25, 0.3) is 0 Å². The lowest BCUT2D eigenvalue weighted by atomic mass is 9.83. The van der Waals surface area contributed by atoms with E-state index in [0.717, 1.165) is 9.87 Å². The van der Waals surface area contributed by atoms with Crippen molar-refractivity contribution in [3.63, 3.8) is 0 Å². The van der Waals surface area contributed by atoms with Crippen LogP contribution in [0.3, 0.4) is 0 Å². The van der Waals surface area contributed by atoms with Crippen molar-refractivity contribution in [2.45, 2.75) is 25.7 Å². The molecule has 0 aliphatic rings. The molecule has 1 heterocycles. The fourth-order valence-corrected chi connectivity index (χ4v) is 4.51. The summed E-state index contributed by atoms with van der Waals surface area (Å²) in [4.78, 5) is 21.7. The van der Waals surface area contributed by atoms with E-state index in [0.29, 0.717) is 45.6 Å². The smallest absolute Gasteiger partial charge is 0.318 e. The molecule has 2 N–H and O–H groups in total. The van der Waals surface area contributed by atoms with Crippen LogP contribution in [0.25, 0.3) is 11.3 Å². The minimum atomic E-state index is -3.93. The van der Waals surface area contributed by atoms with Gasteiger partial charge in [0.05, 0.1) is 18.2 Å². The van der Waals surface area contributed by atoms with E-state index in [2.05, 4.69) is 20.0 Å². The molecular weight excluding hydrogens is 537 g/mol. The second kappa shape index (κ2) is 11.6. The predicted octanol–water partition coefficient (Wildman–Crippen LogP) is 4.31. The molecule has 3 aromatic rings. The molecule has 3 rings (SSSR count). The Morgan fingerprint density at radius 2 is 1.81 bits per heavy atom. The molecule has 1 amide bonds. The van der Waals surface area contributed by atoms with Crippen molar-refractivity contribution in [2.75, 3.05) is 33.1 Å². The van der Waals surface area contributed by atoms with Crippen LogP contribution in [-0.4, -0.2) is 56.3 Å². The predicted molar refractivity (Wildman–Crippen MR) is 146 cm³/mol. The van der Waals surface area contributed by atoms with Crippen molar-refractivity contribution in [1.29, 1.82) is 0 Å². The van der Waals surface area contributed by atoms with Gasteiger partial charge in [-0.15, -0.1) is 0 Å². The zero-order chi connectivity index (χ0) is 27.4. The first-order valence-corrected chi connectivity index (χ1v) is 13.5. The lowest BCUT2D eigenvalue weighted by molar-refractivity contribution is -0.123. The van der Waals surface area contributed by atoms with Crippen molar-refractivity contribution < 1.29 is 17.9 Å². The van der Waals surface area contributed by atoms with Crippen LogP contribution in [0.2, 0.25) is 10.0 Å². The first-order valence-electron chi connectivity index (χ1n) is 11.3. The molecule has 0 saturated carbocycles. The summed E-state index contributed by atoms with van der Waals surface area (Å²) < 4.78 is 32.7. The molecule has 0 aliphatic carbocycles. The van der Waals surface area contributed by atoms with Crippen LogP contribution in [0, 0.1) is 0 Å². The van der Waals surface area contributed by atoms with Gasteiger partial charge in [0.2, 0.25) is 5.91 Å². The van der Waals surface area contributed by atoms with Crippen LogP contribution >= 0.6 is 23.2 Å². The summed E-state index contributed by atoms with van der Waals surface area (Å²) in [6, 6.07) is 14.5. The third-order valence-corrected chi connectivity index (χ3v) is 7.75. The normalized spacial score (nSPS) is 11.9. The minimum absolute atomic E-state index is 0.170. The molecule has 0 bridgehead atoms. The van der Waals surface area contributed by atoms with Crippen LogP contribution in [0.15, 0.2) is 48.5 Å². The highest BCUT2D eigenvalue weighted by Gasteiger charge is 2.33. The number of methoxy groups -OCH3 is 1. The SMILES string of the molecule is COc1nc(NCCc2ccc(Cl)cc2Cl)cc(-c2cccc(C(C)(C)C(=O)NS(=O)(=O)N(C)C)c2)n1. The Morgan fingerprint density at radius 3 is 2.46 bits per heavy atom. The summed E-state index contributed by atoms with van der Waals surface area (Å²) in [5.41, 5.74) is 1.69. The van der Waals surface area contributed by atoms with Crippen LogP contribution < -0.4 is 14.8 Å². The number of nitrogens with zero attached hydrogens (tertiary/aromatic N) is 3. The molecule has 0 atom stereocenters. The van der Waals surface area contributed by atoms with E-state index in [9.17, 15) is 13.2 Å². The molecule has 0 radical (unpaired) electrons. The van der Waals surface area contributed by atoms with E-state index in [4.69, 9.17) is 27.9 Å². The Hall–Kier alpha value is -2.92. The number of ether oxygens (including phenoxy) is 1. The molecule has 12 heteroatoms. The third-order valence-electron chi connectivity index (χ3n) is 5.75. The number of hydrogen-bond donors (Lipinski definition) is 2. The number of rotatable bonds is 10. The summed E-state index contributed by atoms with van der Waals surface area (Å²) in [5.74, 6) is -0.103. The Bertz CT molecular complexity index is 1400. The van der Waals surface area contributed by atoms with E-state index in [1.807, 2.05) is 12.1 Å². The monoisotopic (exact) mass is 565 g/mol. The van der Waals surface area contributed by atoms with Crippen molar-refractivity contribution in [3.05, 3.63) is 69.7 Å². The maximum Gasteiger partial charge on any atom is 0.318 e. The van der Waals surface area contributed by atoms with Crippen LogP contribution in [-0.2, 0) is 26.8 Å². The first-order chi connectivity index (χ1) is 17.3. The van der Waals surface area contributed by atoms with Crippen LogP contribution in [0.5, 0.6) is 6.01 Å². The number of anilines is 1. The van der Waals surface area contributed by atoms with E-state index >= 15 is 0 Å². The highest BCUT2D eigenvalue weighted by atomic mass is 35.5. The van der Waals surface area contributed by atoms with Gasteiger partial charge < -0.3 is 10.1 Å². The van der Waals surface area contributed by atoms with E-state index in [1.165, 1.54) is 21.2 Å². The summed E-state index contributed by atoms with van der Waals surface area (Å²) in [7, 11) is 0.249. The Labute approximate surface area is 227 Å². The number of aromatic nitrogens is 2. The van der Waals surface area contributed by atoms with Crippen molar-refractivity contribution >= 4 is 45.1 Å². The molecule has 1 aromatic heterocycles. The van der Waals surface area contributed by atoms with Crippen molar-refractivity contribution in [1.82, 2.24) is 19.0 Å². The number of halogens is 2. The van der Waals surface area contributed by atoms with Gasteiger partial charge in [-0.05, 0) is 49.6 Å². The lowest BCUT2D eigenvalue weighted by Crippen LogP contribution is -2.47. The Balaban J connectivity index is 1.84. The van der Waals surface area contributed by atoms with Gasteiger partial charge in [0.15, 0.2) is 0 Å². The second-order valence-electron chi connectivity index (χ2n) is 8.96. The van der Waals surface area contributed by atoms with Gasteiger partial charge in [-0.25, -0.2) is 4.72 Å². The van der Waals surface area contributed by atoms with E-state index in [1.54, 1.807) is 50.2 Å². The van der Waals surface area contributed by atoms with Crippen LogP contribution in [0.1, 0.15) is 25.0 Å². The van der Waals surface area contributed by atoms with Gasteiger partial charge in [-0.3, -0.25) is 4.79 Å². The molecule has 37 heavy (non-hydrogen) atoms. The highest BCUT2D eigenvalue weighted by molar-refractivity contribution is 7.87. The number of carbonyl (C=O) groups excluding carboxylic acids is 1. The quantitative estimate of drug-likeness (QED) is 0.376. The maximum atomic E-state index is 12.9. The molecule has 9 nitrogen and oxygen atoms in total. The molecule has 2 aromatic carbocycles. The summed E-state index contributed by atoms with van der Waals surface area (Å²) >= 11 is 12.2. The number of amides is 1. The maximum absolute atomic E-state index is 12.9. The summed E-state index contributed by atoms with van der Waals surface area (Å²) in [5, 5.41) is 4.43. The standard InChI is InChI=1S/C25H29Cl2N5O4S/c1-25(2,23(33)31-37(34,35)32(3)4)18-8-6-7-17(13-18)21-15-22(30-24(29-21)36-5)28-12-11-16-9-10-19(26)14-20(16)27/h6-10,13-15H,11-12H2,1-5H3,(H,31,33)(H,28,29,30). The molecule has 198 valence electrons. The molecular formula is C25H29Cl2N5O4S. The number of nitrogens with one attached hydrogen (secondary N) is 2. The fourth-order valence-electron chi connectivity index (χ4n) is 3.34. The number of hydrogen-bond acceptors (Lipinski definition) is 7. The topological polar surface area (TPSA) is 114 Å². The molecule has 0 saturated heterocycles. The molecule has 0 spiro atoms. The van der Waals surface area contributed by atoms with Gasteiger partial charge in [0, 0.05) is 42.3 Å². The Kier molecular flexibility index (Phi) is 9.01. The summed E-state index contributed by atoms with van der Waals surface area (Å²) in [6.07, 6.45) is 0.645. The number of benzene rings is 2. The van der Waals surface area contributed by atoms with Crippen molar-refractivity contribution in [3.8, 4) is 17.3 Å². The fraction of sp³-hybridized carbons (Fsp3) is 0.320. The number of carbonyl (C=O) groups is 1. The van der Waals surface area contributed by atoms with Gasteiger partial charge in [-0.1, -0.05) is 47.5 Å². The molecule has 0 unspecified atom stereocenters. The van der Waals surface area contributed by atoms with Gasteiger partial charge >= 0.3 is 16.2 Å². The zero-order valence-electron chi connectivity index (χ0n) is 21.2. The zero-order valence-corrected chi connectivity index (χ0v) is 23.5. The minimum Gasteiger partial charge on any atom is -0.467 e. The second-order valence-corrected chi connectivity index (χ2v) is 11.7. The summed E-state index contributed by atoms with van der Waals surface area (Å²) in [6.45, 7) is 3.86. The lowest BCUT2D eigenvalue weighted by Gasteiger charge is -2.25. The largest absolute Gasteiger partial charge is 0.467 e. The van der Waals surface area contributed by atoms with Crippen molar-refractivity contribution in [2.24, 2.45) is 0 Å². The molecule has 0 fully saturated rings. The average Bonchev–Trinajstić information content (AvgIpc) is 2.84. The van der Waals surface area contributed by atoms with Crippen LogP contribution in [0.4, 0.5) is 5.82 Å². The highest BCUT2D eigenvalue weighted by Crippen LogP contribution is 2.30. The van der Waals surface area contributed by atoms with Gasteiger partial charge in [0.1, 0.15) is 5.82 Å².